The Kier molecular flexibility index (Phi) is 7.31. The lowest BCUT2D eigenvalue weighted by molar-refractivity contribution is -0.390. The number of hydrogen-bond donors (Lipinski definition) is 0. The molecule has 1 aliphatic heterocycles. The second-order valence-electron chi connectivity index (χ2n) is 7.48. The van der Waals surface area contributed by atoms with Gasteiger partial charge in [0.25, 0.3) is 5.91 Å². The number of ether oxygens (including phenoxy) is 2. The van der Waals surface area contributed by atoms with Gasteiger partial charge in [-0.05, 0) is 47.0 Å². The third-order valence-electron chi connectivity index (χ3n) is 5.08. The zero-order valence-corrected chi connectivity index (χ0v) is 20.2. The fourth-order valence-electron chi connectivity index (χ4n) is 3.41. The van der Waals surface area contributed by atoms with Crippen LogP contribution in [0.25, 0.3) is 11.3 Å². The molecule has 11 heteroatoms. The van der Waals surface area contributed by atoms with Crippen molar-refractivity contribution >= 4 is 44.1 Å². The molecule has 0 aliphatic carbocycles. The van der Waals surface area contributed by atoms with E-state index in [0.29, 0.717) is 24.0 Å². The van der Waals surface area contributed by atoms with Crippen molar-refractivity contribution in [1.29, 1.82) is 0 Å². The van der Waals surface area contributed by atoms with Crippen molar-refractivity contribution in [3.63, 3.8) is 0 Å². The van der Waals surface area contributed by atoms with Gasteiger partial charge in [-0.2, -0.15) is 0 Å². The van der Waals surface area contributed by atoms with E-state index >= 15 is 0 Å². The summed E-state index contributed by atoms with van der Waals surface area (Å²) in [5.41, 5.74) is 2.18. The molecule has 0 radical (unpaired) electrons. The van der Waals surface area contributed by atoms with E-state index in [-0.39, 0.29) is 24.4 Å². The lowest BCUT2D eigenvalue weighted by atomic mass is 10.2. The van der Waals surface area contributed by atoms with Crippen LogP contribution in [-0.4, -0.2) is 46.7 Å². The molecule has 172 valence electrons. The molecule has 4 rings (SSSR count). The number of benzene rings is 1. The Morgan fingerprint density at radius 2 is 2.09 bits per heavy atom. The van der Waals surface area contributed by atoms with E-state index in [2.05, 4.69) is 25.9 Å². The molecule has 0 spiro atoms. The zero-order chi connectivity index (χ0) is 23.4. The summed E-state index contributed by atoms with van der Waals surface area (Å²) in [4.78, 5) is 33.9. The summed E-state index contributed by atoms with van der Waals surface area (Å²) in [5, 5.41) is 13.7. The molecule has 1 fully saturated rings. The number of aryl methyl sites for hydroxylation is 1. The Hall–Kier alpha value is -2.89. The van der Waals surface area contributed by atoms with Gasteiger partial charge in [-0.1, -0.05) is 28.1 Å². The summed E-state index contributed by atoms with van der Waals surface area (Å²) < 4.78 is 12.2. The summed E-state index contributed by atoms with van der Waals surface area (Å²) in [6.07, 6.45) is 1.69. The molecule has 33 heavy (non-hydrogen) atoms. The van der Waals surface area contributed by atoms with Crippen LogP contribution in [0.5, 0.6) is 5.75 Å². The minimum Gasteiger partial charge on any atom is -0.476 e. The lowest BCUT2D eigenvalue weighted by Crippen LogP contribution is -2.40. The minimum atomic E-state index is -0.623. The number of thiazole rings is 1. The number of nitrogens with zero attached hydrogens (tertiary/aromatic N) is 4. The highest BCUT2D eigenvalue weighted by atomic mass is 79.9. The summed E-state index contributed by atoms with van der Waals surface area (Å²) in [6, 6.07) is 10.8. The number of rotatable bonds is 8. The van der Waals surface area contributed by atoms with Gasteiger partial charge in [-0.25, -0.2) is 4.98 Å². The maximum absolute atomic E-state index is 13.2. The van der Waals surface area contributed by atoms with Gasteiger partial charge in [0.05, 0.1) is 18.3 Å². The van der Waals surface area contributed by atoms with Crippen LogP contribution in [0.1, 0.15) is 18.5 Å². The number of amides is 1. The maximum atomic E-state index is 13.2. The van der Waals surface area contributed by atoms with E-state index in [1.165, 1.54) is 22.3 Å². The van der Waals surface area contributed by atoms with E-state index in [0.717, 1.165) is 28.6 Å². The van der Waals surface area contributed by atoms with Crippen LogP contribution < -0.4 is 9.64 Å². The van der Waals surface area contributed by atoms with Crippen molar-refractivity contribution in [2.24, 2.45) is 0 Å². The summed E-state index contributed by atoms with van der Waals surface area (Å²) in [5.74, 6) is -0.831. The van der Waals surface area contributed by atoms with Gasteiger partial charge in [0.1, 0.15) is 5.69 Å². The number of carbonyl (C=O) groups excluding carboxylic acids is 1. The molecule has 1 amide bonds. The van der Waals surface area contributed by atoms with Gasteiger partial charge < -0.3 is 19.6 Å². The second-order valence-corrected chi connectivity index (χ2v) is 9.23. The van der Waals surface area contributed by atoms with Crippen LogP contribution in [0.4, 0.5) is 10.9 Å². The standard InChI is InChI=1S/C22H21BrN4O5S/c1-14-4-9-19(21(24-14)27(29)30)32-12-20(28)26(11-17-3-2-10-31-17)22-25-18(13-33-22)15-5-7-16(23)8-6-15/h4-9,13,17H,2-3,10-12H2,1H3/t17-/m1/s1. The van der Waals surface area contributed by atoms with Crippen molar-refractivity contribution < 1.29 is 19.2 Å². The van der Waals surface area contributed by atoms with Crippen LogP contribution in [0.3, 0.4) is 0 Å². The molecule has 1 saturated heterocycles. The average molecular weight is 533 g/mol. The van der Waals surface area contributed by atoms with Crippen LogP contribution in [0.15, 0.2) is 46.3 Å². The summed E-state index contributed by atoms with van der Waals surface area (Å²) >= 11 is 4.77. The topological polar surface area (TPSA) is 108 Å². The molecule has 0 N–H and O–H groups in total. The molecule has 2 aromatic heterocycles. The fourth-order valence-corrected chi connectivity index (χ4v) is 4.54. The van der Waals surface area contributed by atoms with Crippen LogP contribution >= 0.6 is 27.3 Å². The normalized spacial score (nSPS) is 15.4. The molecular formula is C22H21BrN4O5S. The molecule has 3 aromatic rings. The average Bonchev–Trinajstić information content (AvgIpc) is 3.49. The van der Waals surface area contributed by atoms with Crippen molar-refractivity contribution in [2.75, 3.05) is 24.7 Å². The monoisotopic (exact) mass is 532 g/mol. The Morgan fingerprint density at radius 1 is 1.30 bits per heavy atom. The van der Waals surface area contributed by atoms with Crippen LogP contribution in [0.2, 0.25) is 0 Å². The molecule has 1 aromatic carbocycles. The first-order valence-corrected chi connectivity index (χ1v) is 12.0. The first-order valence-electron chi connectivity index (χ1n) is 10.3. The highest BCUT2D eigenvalue weighted by Gasteiger charge is 2.27. The van der Waals surface area contributed by atoms with Gasteiger partial charge in [-0.3, -0.25) is 9.69 Å². The first kappa shape index (κ1) is 23.3. The largest absolute Gasteiger partial charge is 0.476 e. The third-order valence-corrected chi connectivity index (χ3v) is 6.47. The van der Waals surface area contributed by atoms with E-state index in [1.54, 1.807) is 13.0 Å². The molecule has 9 nitrogen and oxygen atoms in total. The molecule has 0 unspecified atom stereocenters. The Labute approximate surface area is 202 Å². The first-order chi connectivity index (χ1) is 15.9. The van der Waals surface area contributed by atoms with Crippen LogP contribution in [-0.2, 0) is 9.53 Å². The Morgan fingerprint density at radius 3 is 2.79 bits per heavy atom. The van der Waals surface area contributed by atoms with E-state index < -0.39 is 10.7 Å². The van der Waals surface area contributed by atoms with Gasteiger partial charge in [0, 0.05) is 28.9 Å². The maximum Gasteiger partial charge on any atom is 0.406 e. The van der Waals surface area contributed by atoms with Crippen molar-refractivity contribution in [3.8, 4) is 17.0 Å². The number of pyridine rings is 1. The van der Waals surface area contributed by atoms with Crippen molar-refractivity contribution in [2.45, 2.75) is 25.9 Å². The van der Waals surface area contributed by atoms with Gasteiger partial charge >= 0.3 is 5.82 Å². The number of hydrogen-bond acceptors (Lipinski definition) is 8. The minimum absolute atomic E-state index is 0.0503. The molecule has 1 atom stereocenters. The molecule has 1 aliphatic rings. The number of anilines is 1. The molecule has 0 saturated carbocycles. The predicted octanol–water partition coefficient (Wildman–Crippen LogP) is 4.78. The SMILES string of the molecule is Cc1ccc(OCC(=O)N(C[C@H]2CCCO2)c2nc(-c3ccc(Br)cc3)cs2)c([N+](=O)[O-])n1. The van der Waals surface area contributed by atoms with Gasteiger partial charge in [0.2, 0.25) is 5.75 Å². The predicted molar refractivity (Wildman–Crippen MR) is 128 cm³/mol. The highest BCUT2D eigenvalue weighted by molar-refractivity contribution is 9.10. The third kappa shape index (κ3) is 5.73. The number of carbonyl (C=O) groups is 1. The van der Waals surface area contributed by atoms with E-state index in [4.69, 9.17) is 9.47 Å². The van der Waals surface area contributed by atoms with Gasteiger partial charge in [-0.15, -0.1) is 11.3 Å². The molecular weight excluding hydrogens is 512 g/mol. The van der Waals surface area contributed by atoms with Crippen molar-refractivity contribution in [3.05, 3.63) is 62.1 Å². The fraction of sp³-hybridized carbons (Fsp3) is 0.318. The highest BCUT2D eigenvalue weighted by Crippen LogP contribution is 2.30. The second kappa shape index (κ2) is 10.4. The van der Waals surface area contributed by atoms with E-state index in [9.17, 15) is 14.9 Å². The number of halogens is 1. The molecule has 0 bridgehead atoms. The Bertz CT molecular complexity index is 1150. The zero-order valence-electron chi connectivity index (χ0n) is 17.8. The number of aromatic nitrogens is 2. The van der Waals surface area contributed by atoms with Crippen LogP contribution in [0, 0.1) is 17.0 Å². The lowest BCUT2D eigenvalue weighted by Gasteiger charge is -2.23. The summed E-state index contributed by atoms with van der Waals surface area (Å²) in [7, 11) is 0. The quantitative estimate of drug-likeness (QED) is 0.303. The van der Waals surface area contributed by atoms with Gasteiger partial charge in [0.15, 0.2) is 11.7 Å². The smallest absolute Gasteiger partial charge is 0.406 e. The molecule has 3 heterocycles. The van der Waals surface area contributed by atoms with Crippen molar-refractivity contribution in [1.82, 2.24) is 9.97 Å². The Balaban J connectivity index is 1.54. The van der Waals surface area contributed by atoms with E-state index in [1.807, 2.05) is 29.6 Å². The summed E-state index contributed by atoms with van der Waals surface area (Å²) in [6.45, 7) is 2.26. The number of nitro groups is 1.